The zero-order chi connectivity index (χ0) is 27.4. The summed E-state index contributed by atoms with van der Waals surface area (Å²) < 4.78 is 0. The molecule has 2 rings (SSSR count). The number of halogens is 1. The van der Waals surface area contributed by atoms with E-state index in [1.54, 1.807) is 12.1 Å². The fourth-order valence-corrected chi connectivity index (χ4v) is 4.26. The minimum absolute atomic E-state index is 0. The van der Waals surface area contributed by atoms with Gasteiger partial charge in [0.1, 0.15) is 17.8 Å². The SMILES string of the molecule is CCCC[C@H](N)C(=O)N[C@@H](Cc1ccc(O)cc1)C(=O)N(CCc1ccccc1)[C@@H](CC(C)C)C(N)=O.Cl. The molecule has 2 aromatic carbocycles. The molecule has 38 heavy (non-hydrogen) atoms. The number of nitrogens with one attached hydrogen (secondary N) is 1. The van der Waals surface area contributed by atoms with Gasteiger partial charge in [0.05, 0.1) is 6.04 Å². The highest BCUT2D eigenvalue weighted by Gasteiger charge is 2.34. The minimum Gasteiger partial charge on any atom is -0.508 e. The molecule has 0 radical (unpaired) electrons. The van der Waals surface area contributed by atoms with Crippen LogP contribution in [0.25, 0.3) is 0 Å². The van der Waals surface area contributed by atoms with Crippen molar-refractivity contribution >= 4 is 30.1 Å². The van der Waals surface area contributed by atoms with Crippen LogP contribution < -0.4 is 16.8 Å². The van der Waals surface area contributed by atoms with Crippen molar-refractivity contribution in [3.8, 4) is 5.75 Å². The number of amides is 3. The number of carbonyl (C=O) groups is 3. The number of unbranched alkanes of at least 4 members (excludes halogenated alkanes) is 1. The molecule has 3 amide bonds. The number of phenols is 1. The Morgan fingerprint density at radius 3 is 2.18 bits per heavy atom. The van der Waals surface area contributed by atoms with E-state index in [1.807, 2.05) is 51.1 Å². The highest BCUT2D eigenvalue weighted by atomic mass is 35.5. The summed E-state index contributed by atoms with van der Waals surface area (Å²) in [5.41, 5.74) is 13.7. The van der Waals surface area contributed by atoms with Crippen molar-refractivity contribution in [2.75, 3.05) is 6.54 Å². The maximum absolute atomic E-state index is 14.0. The molecule has 0 aromatic heterocycles. The number of aromatic hydroxyl groups is 1. The predicted octanol–water partition coefficient (Wildman–Crippen LogP) is 3.33. The molecule has 0 spiro atoms. The van der Waals surface area contributed by atoms with E-state index in [2.05, 4.69) is 5.32 Å². The van der Waals surface area contributed by atoms with Gasteiger partial charge in [-0.05, 0) is 48.4 Å². The number of primary amides is 1. The first-order chi connectivity index (χ1) is 17.6. The maximum atomic E-state index is 14.0. The van der Waals surface area contributed by atoms with Crippen LogP contribution in [0.15, 0.2) is 54.6 Å². The third-order valence-electron chi connectivity index (χ3n) is 6.36. The molecule has 210 valence electrons. The van der Waals surface area contributed by atoms with Crippen LogP contribution >= 0.6 is 12.4 Å². The lowest BCUT2D eigenvalue weighted by atomic mass is 9.98. The zero-order valence-electron chi connectivity index (χ0n) is 22.6. The Labute approximate surface area is 232 Å². The largest absolute Gasteiger partial charge is 0.508 e. The molecule has 0 unspecified atom stereocenters. The Balaban J connectivity index is 0.00000722. The van der Waals surface area contributed by atoms with Crippen molar-refractivity contribution in [3.63, 3.8) is 0 Å². The van der Waals surface area contributed by atoms with E-state index < -0.39 is 29.9 Å². The van der Waals surface area contributed by atoms with Crippen LogP contribution in [0.5, 0.6) is 5.75 Å². The average Bonchev–Trinajstić information content (AvgIpc) is 2.87. The van der Waals surface area contributed by atoms with Crippen LogP contribution in [-0.2, 0) is 27.2 Å². The van der Waals surface area contributed by atoms with E-state index in [4.69, 9.17) is 11.5 Å². The zero-order valence-corrected chi connectivity index (χ0v) is 23.5. The lowest BCUT2D eigenvalue weighted by molar-refractivity contribution is -0.143. The van der Waals surface area contributed by atoms with Crippen LogP contribution in [0.3, 0.4) is 0 Å². The van der Waals surface area contributed by atoms with Gasteiger partial charge in [0.2, 0.25) is 17.7 Å². The fourth-order valence-electron chi connectivity index (χ4n) is 4.26. The number of carbonyl (C=O) groups excluding carboxylic acids is 3. The van der Waals surface area contributed by atoms with Crippen LogP contribution in [0.1, 0.15) is 57.6 Å². The molecule has 2 aromatic rings. The summed E-state index contributed by atoms with van der Waals surface area (Å²) in [6.45, 7) is 6.23. The van der Waals surface area contributed by atoms with E-state index in [-0.39, 0.29) is 42.9 Å². The van der Waals surface area contributed by atoms with Gasteiger partial charge >= 0.3 is 0 Å². The third kappa shape index (κ3) is 10.7. The summed E-state index contributed by atoms with van der Waals surface area (Å²) in [6.07, 6.45) is 3.33. The lowest BCUT2D eigenvalue weighted by Gasteiger charge is -2.34. The fraction of sp³-hybridized carbons (Fsp3) is 0.483. The van der Waals surface area contributed by atoms with Gasteiger partial charge in [-0.25, -0.2) is 0 Å². The quantitative estimate of drug-likeness (QED) is 0.271. The number of rotatable bonds is 15. The first kappa shape index (κ1) is 32.9. The van der Waals surface area contributed by atoms with Gasteiger partial charge in [-0.15, -0.1) is 12.4 Å². The summed E-state index contributed by atoms with van der Waals surface area (Å²) in [7, 11) is 0. The Morgan fingerprint density at radius 2 is 1.63 bits per heavy atom. The van der Waals surface area contributed by atoms with Crippen molar-refractivity contribution in [1.29, 1.82) is 0 Å². The average molecular weight is 547 g/mol. The van der Waals surface area contributed by atoms with E-state index in [9.17, 15) is 19.5 Å². The number of hydrogen-bond donors (Lipinski definition) is 4. The van der Waals surface area contributed by atoms with E-state index in [0.29, 0.717) is 19.3 Å². The van der Waals surface area contributed by atoms with Crippen molar-refractivity contribution < 1.29 is 19.5 Å². The number of phenolic OH excluding ortho intramolecular Hbond substituents is 1. The summed E-state index contributed by atoms with van der Waals surface area (Å²) in [5.74, 6) is -1.15. The molecular formula is C29H43ClN4O4. The smallest absolute Gasteiger partial charge is 0.246 e. The van der Waals surface area contributed by atoms with Gasteiger partial charge in [-0.3, -0.25) is 14.4 Å². The van der Waals surface area contributed by atoms with Crippen molar-refractivity contribution in [2.45, 2.75) is 77.4 Å². The Hall–Kier alpha value is -3.10. The van der Waals surface area contributed by atoms with Gasteiger partial charge in [0.25, 0.3) is 0 Å². The predicted molar refractivity (Wildman–Crippen MR) is 153 cm³/mol. The highest BCUT2D eigenvalue weighted by molar-refractivity contribution is 5.93. The summed E-state index contributed by atoms with van der Waals surface area (Å²) in [4.78, 5) is 41.1. The molecule has 0 fully saturated rings. The number of nitrogens with two attached hydrogens (primary N) is 2. The summed E-state index contributed by atoms with van der Waals surface area (Å²) >= 11 is 0. The number of hydrogen-bond acceptors (Lipinski definition) is 5. The van der Waals surface area contributed by atoms with Crippen molar-refractivity contribution in [3.05, 3.63) is 65.7 Å². The Morgan fingerprint density at radius 1 is 1.00 bits per heavy atom. The van der Waals surface area contributed by atoms with Gasteiger partial charge in [0.15, 0.2) is 0 Å². The number of nitrogens with zero attached hydrogens (tertiary/aromatic N) is 1. The van der Waals surface area contributed by atoms with Crippen LogP contribution in [-0.4, -0.2) is 52.4 Å². The second-order valence-electron chi connectivity index (χ2n) is 10.00. The second kappa shape index (κ2) is 16.7. The molecule has 0 bridgehead atoms. The molecule has 0 heterocycles. The standard InChI is InChI=1S/C29H42N4O4.ClH/c1-4-5-11-24(30)28(36)32-25(19-22-12-14-23(34)15-13-22)29(37)33(26(27(31)35)18-20(2)3)17-16-21-9-7-6-8-10-21;/h6-10,12-15,20,24-26,34H,4-5,11,16-19,30H2,1-3H3,(H2,31,35)(H,32,36);1H/t24-,25-,26-;/m0./s1. The molecule has 0 aliphatic carbocycles. The van der Waals surface area contributed by atoms with Gasteiger partial charge in [0, 0.05) is 13.0 Å². The van der Waals surface area contributed by atoms with Crippen molar-refractivity contribution in [1.82, 2.24) is 10.2 Å². The molecule has 3 atom stereocenters. The van der Waals surface area contributed by atoms with E-state index in [1.165, 1.54) is 17.0 Å². The monoisotopic (exact) mass is 546 g/mol. The normalized spacial score (nSPS) is 13.2. The summed E-state index contributed by atoms with van der Waals surface area (Å²) in [6, 6.07) is 13.7. The molecule has 0 saturated heterocycles. The lowest BCUT2D eigenvalue weighted by Crippen LogP contribution is -2.58. The molecule has 0 aliphatic rings. The van der Waals surface area contributed by atoms with Crippen LogP contribution in [0.4, 0.5) is 0 Å². The van der Waals surface area contributed by atoms with Crippen molar-refractivity contribution in [2.24, 2.45) is 17.4 Å². The molecule has 0 saturated carbocycles. The van der Waals surface area contributed by atoms with Gasteiger partial charge < -0.3 is 26.8 Å². The van der Waals surface area contributed by atoms with E-state index >= 15 is 0 Å². The maximum Gasteiger partial charge on any atom is 0.246 e. The summed E-state index contributed by atoms with van der Waals surface area (Å²) in [5, 5.41) is 12.5. The minimum atomic E-state index is -0.950. The molecule has 6 N–H and O–H groups in total. The Kier molecular flexibility index (Phi) is 14.5. The molecule has 9 heteroatoms. The second-order valence-corrected chi connectivity index (χ2v) is 10.00. The molecule has 0 aliphatic heterocycles. The first-order valence-electron chi connectivity index (χ1n) is 13.1. The van der Waals surface area contributed by atoms with Gasteiger partial charge in [-0.2, -0.15) is 0 Å². The molecular weight excluding hydrogens is 504 g/mol. The number of benzene rings is 2. The van der Waals surface area contributed by atoms with Crippen LogP contribution in [0, 0.1) is 5.92 Å². The van der Waals surface area contributed by atoms with Crippen LogP contribution in [0.2, 0.25) is 0 Å². The highest BCUT2D eigenvalue weighted by Crippen LogP contribution is 2.18. The third-order valence-corrected chi connectivity index (χ3v) is 6.36. The van der Waals surface area contributed by atoms with Gasteiger partial charge in [-0.1, -0.05) is 76.1 Å². The Bertz CT molecular complexity index is 1000. The van der Waals surface area contributed by atoms with E-state index in [0.717, 1.165) is 24.0 Å². The topological polar surface area (TPSA) is 139 Å². The first-order valence-corrected chi connectivity index (χ1v) is 13.1. The molecule has 8 nitrogen and oxygen atoms in total.